The molecule has 2 heterocycles. The van der Waals surface area contributed by atoms with Crippen molar-refractivity contribution in [2.45, 2.75) is 13.1 Å². The molecule has 0 saturated carbocycles. The van der Waals surface area contributed by atoms with Crippen molar-refractivity contribution in [1.82, 2.24) is 14.9 Å². The maximum absolute atomic E-state index is 12.7. The van der Waals surface area contributed by atoms with Crippen molar-refractivity contribution >= 4 is 11.9 Å². The number of benzene rings is 1. The van der Waals surface area contributed by atoms with Gasteiger partial charge in [-0.1, -0.05) is 0 Å². The van der Waals surface area contributed by atoms with E-state index in [-0.39, 0.29) is 11.9 Å². The van der Waals surface area contributed by atoms with E-state index < -0.39 is 0 Å². The Balaban J connectivity index is 1.87. The third-order valence-corrected chi connectivity index (χ3v) is 3.60. The fourth-order valence-corrected chi connectivity index (χ4v) is 2.46. The Morgan fingerprint density at radius 2 is 2.09 bits per heavy atom. The molecule has 3 rings (SSSR count). The third kappa shape index (κ3) is 2.41. The molecule has 1 amide bonds. The SMILES string of the molecule is COc1ccc(C(=O)N2Cc3cnc(N)nc3C2)c(OC)c1. The monoisotopic (exact) mass is 300 g/mol. The van der Waals surface area contributed by atoms with Crippen molar-refractivity contribution in [3.05, 3.63) is 41.2 Å². The summed E-state index contributed by atoms with van der Waals surface area (Å²) in [6.07, 6.45) is 1.66. The molecular formula is C15H16N4O3. The van der Waals surface area contributed by atoms with Gasteiger partial charge in [-0.05, 0) is 12.1 Å². The minimum absolute atomic E-state index is 0.129. The Morgan fingerprint density at radius 3 is 2.82 bits per heavy atom. The van der Waals surface area contributed by atoms with E-state index in [4.69, 9.17) is 15.2 Å². The molecule has 7 nitrogen and oxygen atoms in total. The summed E-state index contributed by atoms with van der Waals surface area (Å²) in [7, 11) is 3.09. The van der Waals surface area contributed by atoms with E-state index in [1.807, 2.05) is 0 Å². The van der Waals surface area contributed by atoms with Gasteiger partial charge in [-0.3, -0.25) is 4.79 Å². The number of methoxy groups -OCH3 is 2. The second kappa shape index (κ2) is 5.51. The number of nitrogens with two attached hydrogens (primary N) is 1. The smallest absolute Gasteiger partial charge is 0.258 e. The second-order valence-electron chi connectivity index (χ2n) is 4.93. The number of nitrogen functional groups attached to an aromatic ring is 1. The number of anilines is 1. The fraction of sp³-hybridized carbons (Fsp3) is 0.267. The highest BCUT2D eigenvalue weighted by molar-refractivity contribution is 5.97. The molecule has 2 aromatic rings. The Hall–Kier alpha value is -2.83. The van der Waals surface area contributed by atoms with Gasteiger partial charge in [0.2, 0.25) is 5.95 Å². The number of amides is 1. The van der Waals surface area contributed by atoms with E-state index in [0.717, 1.165) is 11.3 Å². The lowest BCUT2D eigenvalue weighted by molar-refractivity contribution is 0.0747. The Kier molecular flexibility index (Phi) is 3.54. The standard InChI is InChI=1S/C15H16N4O3/c1-21-10-3-4-11(13(5-10)22-2)14(20)19-7-9-6-17-15(16)18-12(9)8-19/h3-6H,7-8H2,1-2H3,(H2,16,17,18). The maximum Gasteiger partial charge on any atom is 0.258 e. The number of rotatable bonds is 3. The minimum atomic E-state index is -0.129. The van der Waals surface area contributed by atoms with Gasteiger partial charge in [0.25, 0.3) is 5.91 Å². The van der Waals surface area contributed by atoms with Gasteiger partial charge >= 0.3 is 0 Å². The summed E-state index contributed by atoms with van der Waals surface area (Å²) in [6, 6.07) is 5.12. The van der Waals surface area contributed by atoms with Crippen molar-refractivity contribution in [1.29, 1.82) is 0 Å². The van der Waals surface area contributed by atoms with Crippen molar-refractivity contribution < 1.29 is 14.3 Å². The summed E-state index contributed by atoms with van der Waals surface area (Å²) in [5.74, 6) is 1.20. The highest BCUT2D eigenvalue weighted by Crippen LogP contribution is 2.29. The number of nitrogens with zero attached hydrogens (tertiary/aromatic N) is 3. The number of hydrogen-bond donors (Lipinski definition) is 1. The molecule has 0 spiro atoms. The summed E-state index contributed by atoms with van der Waals surface area (Å²) < 4.78 is 10.4. The van der Waals surface area contributed by atoms with Crippen LogP contribution in [0.4, 0.5) is 5.95 Å². The number of carbonyl (C=O) groups excluding carboxylic acids is 1. The molecule has 22 heavy (non-hydrogen) atoms. The first-order chi connectivity index (χ1) is 10.6. The summed E-state index contributed by atoms with van der Waals surface area (Å²) in [5.41, 5.74) is 7.76. The Morgan fingerprint density at radius 1 is 1.27 bits per heavy atom. The molecule has 0 fully saturated rings. The van der Waals surface area contributed by atoms with Crippen LogP contribution in [0.5, 0.6) is 11.5 Å². The summed E-state index contributed by atoms with van der Waals surface area (Å²) >= 11 is 0. The first-order valence-electron chi connectivity index (χ1n) is 6.74. The highest BCUT2D eigenvalue weighted by atomic mass is 16.5. The van der Waals surface area contributed by atoms with Crippen LogP contribution >= 0.6 is 0 Å². The van der Waals surface area contributed by atoms with Crippen LogP contribution < -0.4 is 15.2 Å². The van der Waals surface area contributed by atoms with Gasteiger partial charge in [-0.15, -0.1) is 0 Å². The van der Waals surface area contributed by atoms with Gasteiger partial charge < -0.3 is 20.1 Å². The van der Waals surface area contributed by atoms with E-state index in [0.29, 0.717) is 30.2 Å². The molecule has 7 heteroatoms. The van der Waals surface area contributed by atoms with E-state index in [2.05, 4.69) is 9.97 Å². The predicted octanol–water partition coefficient (Wildman–Crippen LogP) is 1.23. The molecule has 0 atom stereocenters. The van der Waals surface area contributed by atoms with E-state index in [9.17, 15) is 4.79 Å². The van der Waals surface area contributed by atoms with Gasteiger partial charge in [-0.2, -0.15) is 0 Å². The van der Waals surface area contributed by atoms with Crippen molar-refractivity contribution in [3.8, 4) is 11.5 Å². The zero-order valence-electron chi connectivity index (χ0n) is 12.4. The normalized spacial score (nSPS) is 12.9. The first-order valence-corrected chi connectivity index (χ1v) is 6.74. The highest BCUT2D eigenvalue weighted by Gasteiger charge is 2.27. The van der Waals surface area contributed by atoms with Gasteiger partial charge in [0.05, 0.1) is 32.0 Å². The largest absolute Gasteiger partial charge is 0.497 e. The molecular weight excluding hydrogens is 284 g/mol. The fourth-order valence-electron chi connectivity index (χ4n) is 2.46. The molecule has 0 bridgehead atoms. The molecule has 1 aliphatic rings. The van der Waals surface area contributed by atoms with Crippen LogP contribution in [0, 0.1) is 0 Å². The number of hydrogen-bond acceptors (Lipinski definition) is 6. The lowest BCUT2D eigenvalue weighted by Gasteiger charge is -2.17. The molecule has 0 radical (unpaired) electrons. The number of carbonyl (C=O) groups is 1. The molecule has 0 aliphatic carbocycles. The minimum Gasteiger partial charge on any atom is -0.497 e. The third-order valence-electron chi connectivity index (χ3n) is 3.60. The van der Waals surface area contributed by atoms with Crippen LogP contribution in [-0.2, 0) is 13.1 Å². The van der Waals surface area contributed by atoms with E-state index in [1.165, 1.54) is 7.11 Å². The van der Waals surface area contributed by atoms with Crippen LogP contribution in [0.15, 0.2) is 24.4 Å². The van der Waals surface area contributed by atoms with E-state index in [1.54, 1.807) is 36.4 Å². The average molecular weight is 300 g/mol. The molecule has 1 aromatic heterocycles. The summed E-state index contributed by atoms with van der Waals surface area (Å²) in [6.45, 7) is 0.875. The van der Waals surface area contributed by atoms with Crippen LogP contribution in [0.2, 0.25) is 0 Å². The maximum atomic E-state index is 12.7. The van der Waals surface area contributed by atoms with E-state index >= 15 is 0 Å². The lowest BCUT2D eigenvalue weighted by Crippen LogP contribution is -2.25. The van der Waals surface area contributed by atoms with Crippen LogP contribution in [0.3, 0.4) is 0 Å². The van der Waals surface area contributed by atoms with Crippen molar-refractivity contribution in [2.24, 2.45) is 0 Å². The molecule has 1 aliphatic heterocycles. The lowest BCUT2D eigenvalue weighted by atomic mass is 10.1. The molecule has 0 saturated heterocycles. The molecule has 0 unspecified atom stereocenters. The van der Waals surface area contributed by atoms with Crippen LogP contribution in [0.25, 0.3) is 0 Å². The topological polar surface area (TPSA) is 90.6 Å². The van der Waals surface area contributed by atoms with Gasteiger partial charge in [-0.25, -0.2) is 9.97 Å². The number of aromatic nitrogens is 2. The first kappa shape index (κ1) is 14.1. The quantitative estimate of drug-likeness (QED) is 0.917. The predicted molar refractivity (Wildman–Crippen MR) is 79.6 cm³/mol. The van der Waals surface area contributed by atoms with Crippen LogP contribution in [-0.4, -0.2) is 35.0 Å². The second-order valence-corrected chi connectivity index (χ2v) is 4.93. The van der Waals surface area contributed by atoms with Crippen molar-refractivity contribution in [2.75, 3.05) is 20.0 Å². The molecule has 114 valence electrons. The summed E-state index contributed by atoms with van der Waals surface area (Å²) in [4.78, 5) is 22.5. The average Bonchev–Trinajstić information content (AvgIpc) is 2.96. The van der Waals surface area contributed by atoms with Crippen LogP contribution in [0.1, 0.15) is 21.6 Å². The zero-order valence-corrected chi connectivity index (χ0v) is 12.4. The Bertz CT molecular complexity index is 733. The molecule has 2 N–H and O–H groups in total. The van der Waals surface area contributed by atoms with Gasteiger partial charge in [0, 0.05) is 24.4 Å². The molecule has 1 aromatic carbocycles. The zero-order chi connectivity index (χ0) is 15.7. The number of fused-ring (bicyclic) bond motifs is 1. The van der Waals surface area contributed by atoms with Gasteiger partial charge in [0.1, 0.15) is 11.5 Å². The van der Waals surface area contributed by atoms with Gasteiger partial charge in [0.15, 0.2) is 0 Å². The summed E-state index contributed by atoms with van der Waals surface area (Å²) in [5, 5.41) is 0. The Labute approximate surface area is 127 Å². The number of ether oxygens (including phenoxy) is 2. The van der Waals surface area contributed by atoms with Crippen molar-refractivity contribution in [3.63, 3.8) is 0 Å².